The van der Waals surface area contributed by atoms with Gasteiger partial charge < -0.3 is 10.6 Å². The van der Waals surface area contributed by atoms with Gasteiger partial charge in [0.2, 0.25) is 0 Å². The lowest BCUT2D eigenvalue weighted by Gasteiger charge is -2.16. The minimum atomic E-state index is -0.122. The lowest BCUT2D eigenvalue weighted by molar-refractivity contribution is 0.102. The van der Waals surface area contributed by atoms with Gasteiger partial charge >= 0.3 is 0 Å². The van der Waals surface area contributed by atoms with Gasteiger partial charge in [0.1, 0.15) is 11.3 Å². The molecule has 7 heteroatoms. The van der Waals surface area contributed by atoms with Gasteiger partial charge in [-0.05, 0) is 61.7 Å². The van der Waals surface area contributed by atoms with E-state index in [4.69, 9.17) is 0 Å². The number of hydrogen-bond donors (Lipinski definition) is 2. The number of benzene rings is 2. The fourth-order valence-corrected chi connectivity index (χ4v) is 3.26. The molecule has 4 aromatic rings. The van der Waals surface area contributed by atoms with E-state index in [1.807, 2.05) is 70.3 Å². The molecule has 152 valence electrons. The van der Waals surface area contributed by atoms with Crippen LogP contribution in [0.15, 0.2) is 54.9 Å². The zero-order valence-electron chi connectivity index (χ0n) is 17.5. The minimum absolute atomic E-state index is 0.0246. The highest BCUT2D eigenvalue weighted by molar-refractivity contribution is 6.04. The Hall–Kier alpha value is -3.74. The average Bonchev–Trinajstić information content (AvgIpc) is 3.10. The van der Waals surface area contributed by atoms with Crippen LogP contribution in [0.25, 0.3) is 11.2 Å². The first-order chi connectivity index (χ1) is 14.4. The first kappa shape index (κ1) is 19.6. The number of fused-ring (bicyclic) bond motifs is 1. The number of nitrogens with zero attached hydrogens (tertiary/aromatic N) is 4. The van der Waals surface area contributed by atoms with E-state index in [0.717, 1.165) is 28.0 Å². The largest absolute Gasteiger partial charge is 0.362 e. The van der Waals surface area contributed by atoms with Crippen LogP contribution in [-0.2, 0) is 7.05 Å². The van der Waals surface area contributed by atoms with E-state index < -0.39 is 0 Å². The number of anilines is 2. The molecule has 0 saturated carbocycles. The maximum absolute atomic E-state index is 12.6. The summed E-state index contributed by atoms with van der Waals surface area (Å²) in [6.45, 7) is 6.08. The molecule has 7 nitrogen and oxygen atoms in total. The molecule has 0 bridgehead atoms. The Morgan fingerprint density at radius 2 is 1.90 bits per heavy atom. The second kappa shape index (κ2) is 7.94. The third kappa shape index (κ3) is 4.00. The maximum Gasteiger partial charge on any atom is 0.255 e. The highest BCUT2D eigenvalue weighted by Gasteiger charge is 2.11. The number of carbonyl (C=O) groups is 1. The van der Waals surface area contributed by atoms with E-state index in [1.54, 1.807) is 17.1 Å². The van der Waals surface area contributed by atoms with Gasteiger partial charge in [0.05, 0.1) is 18.4 Å². The van der Waals surface area contributed by atoms with Crippen LogP contribution >= 0.6 is 0 Å². The normalized spacial score (nSPS) is 12.0. The number of aryl methyl sites for hydroxylation is 3. The van der Waals surface area contributed by atoms with E-state index >= 15 is 0 Å². The van der Waals surface area contributed by atoms with E-state index in [2.05, 4.69) is 25.7 Å². The van der Waals surface area contributed by atoms with E-state index in [9.17, 15) is 4.79 Å². The first-order valence-corrected chi connectivity index (χ1v) is 9.80. The second-order valence-electron chi connectivity index (χ2n) is 7.48. The van der Waals surface area contributed by atoms with Crippen LogP contribution < -0.4 is 10.6 Å². The molecule has 0 aliphatic rings. The summed E-state index contributed by atoms with van der Waals surface area (Å²) in [7, 11) is 1.84. The quantitative estimate of drug-likeness (QED) is 0.518. The van der Waals surface area contributed by atoms with Gasteiger partial charge in [-0.1, -0.05) is 18.2 Å². The molecule has 0 fully saturated rings. The molecule has 2 aromatic heterocycles. The minimum Gasteiger partial charge on any atom is -0.362 e. The van der Waals surface area contributed by atoms with Crippen molar-refractivity contribution in [1.29, 1.82) is 0 Å². The van der Waals surface area contributed by atoms with E-state index in [-0.39, 0.29) is 11.9 Å². The van der Waals surface area contributed by atoms with Gasteiger partial charge in [-0.3, -0.25) is 4.79 Å². The molecule has 2 N–H and O–H groups in total. The predicted octanol–water partition coefficient (Wildman–Crippen LogP) is 4.41. The third-order valence-electron chi connectivity index (χ3n) is 5.22. The Balaban J connectivity index is 1.49. The van der Waals surface area contributed by atoms with Gasteiger partial charge in [0.25, 0.3) is 5.91 Å². The highest BCUT2D eigenvalue weighted by Crippen LogP contribution is 2.22. The molecule has 0 unspecified atom stereocenters. The Bertz CT molecular complexity index is 1230. The van der Waals surface area contributed by atoms with Crippen LogP contribution in [0.4, 0.5) is 11.5 Å². The number of amides is 1. The van der Waals surface area contributed by atoms with Crippen LogP contribution in [0.2, 0.25) is 0 Å². The van der Waals surface area contributed by atoms with Crippen molar-refractivity contribution in [3.05, 3.63) is 77.1 Å². The summed E-state index contributed by atoms with van der Waals surface area (Å²) < 4.78 is 1.70. The Morgan fingerprint density at radius 1 is 1.07 bits per heavy atom. The smallest absolute Gasteiger partial charge is 0.255 e. The number of nitrogens with one attached hydrogen (secondary N) is 2. The average molecular weight is 400 g/mol. The molecule has 0 radical (unpaired) electrons. The van der Waals surface area contributed by atoms with Crippen LogP contribution in [0.1, 0.15) is 40.0 Å². The Morgan fingerprint density at radius 3 is 2.70 bits per heavy atom. The van der Waals surface area contributed by atoms with E-state index in [0.29, 0.717) is 11.4 Å². The van der Waals surface area contributed by atoms with Crippen molar-refractivity contribution in [2.24, 2.45) is 7.05 Å². The topological polar surface area (TPSA) is 84.7 Å². The summed E-state index contributed by atoms with van der Waals surface area (Å²) in [6.07, 6.45) is 3.39. The molecule has 2 aromatic carbocycles. The molecule has 1 atom stereocenters. The predicted molar refractivity (Wildman–Crippen MR) is 119 cm³/mol. The Kier molecular flexibility index (Phi) is 5.18. The molecule has 0 spiro atoms. The van der Waals surface area contributed by atoms with Gasteiger partial charge in [-0.25, -0.2) is 14.6 Å². The molecular formula is C23H24N6O. The molecular weight excluding hydrogens is 376 g/mol. The monoisotopic (exact) mass is 400 g/mol. The van der Waals surface area contributed by atoms with Crippen molar-refractivity contribution < 1.29 is 4.79 Å². The summed E-state index contributed by atoms with van der Waals surface area (Å²) in [5.41, 5.74) is 6.17. The van der Waals surface area contributed by atoms with Gasteiger partial charge in [-0.2, -0.15) is 5.10 Å². The summed E-state index contributed by atoms with van der Waals surface area (Å²) in [4.78, 5) is 21.6. The number of carbonyl (C=O) groups excluding carboxylic acids is 1. The van der Waals surface area contributed by atoms with Crippen molar-refractivity contribution in [3.8, 4) is 0 Å². The van der Waals surface area contributed by atoms with E-state index in [1.165, 1.54) is 5.56 Å². The number of hydrogen-bond acceptors (Lipinski definition) is 5. The molecule has 0 aliphatic heterocycles. The molecule has 30 heavy (non-hydrogen) atoms. The van der Waals surface area contributed by atoms with Gasteiger partial charge in [0, 0.05) is 18.3 Å². The molecule has 2 heterocycles. The Labute approximate surface area is 175 Å². The fourth-order valence-electron chi connectivity index (χ4n) is 3.26. The molecule has 4 rings (SSSR count). The van der Waals surface area contributed by atoms with Crippen LogP contribution in [-0.4, -0.2) is 25.7 Å². The number of aromatic nitrogens is 4. The van der Waals surface area contributed by atoms with Gasteiger partial charge in [0.15, 0.2) is 5.65 Å². The van der Waals surface area contributed by atoms with Crippen molar-refractivity contribution in [2.45, 2.75) is 26.8 Å². The lowest BCUT2D eigenvalue weighted by atomic mass is 10.1. The van der Waals surface area contributed by atoms with Crippen molar-refractivity contribution >= 4 is 28.6 Å². The third-order valence-corrected chi connectivity index (χ3v) is 5.22. The zero-order valence-corrected chi connectivity index (χ0v) is 17.5. The second-order valence-corrected chi connectivity index (χ2v) is 7.48. The molecule has 0 saturated heterocycles. The standard InChI is InChI=1S/C23H24N6O/c1-14-8-9-18(10-15(14)2)23(30)27-19-7-5-6-17(11-19)16(3)26-21-13-24-20-12-25-29(4)22(20)28-21/h5-13,16H,1-4H3,(H,26,28)(H,27,30)/t16-/m0/s1. The maximum atomic E-state index is 12.6. The van der Waals surface area contributed by atoms with Gasteiger partial charge in [-0.15, -0.1) is 0 Å². The summed E-state index contributed by atoms with van der Waals surface area (Å²) in [5, 5.41) is 10.5. The van der Waals surface area contributed by atoms with Crippen molar-refractivity contribution in [3.63, 3.8) is 0 Å². The number of rotatable bonds is 5. The highest BCUT2D eigenvalue weighted by atomic mass is 16.1. The first-order valence-electron chi connectivity index (χ1n) is 9.80. The molecule has 1 amide bonds. The summed E-state index contributed by atoms with van der Waals surface area (Å²) in [6, 6.07) is 13.5. The van der Waals surface area contributed by atoms with Crippen molar-refractivity contribution in [2.75, 3.05) is 10.6 Å². The van der Waals surface area contributed by atoms with Crippen molar-refractivity contribution in [1.82, 2.24) is 19.7 Å². The summed E-state index contributed by atoms with van der Waals surface area (Å²) in [5.74, 6) is 0.548. The molecule has 0 aliphatic carbocycles. The van der Waals surface area contributed by atoms with Crippen LogP contribution in [0.3, 0.4) is 0 Å². The lowest BCUT2D eigenvalue weighted by Crippen LogP contribution is -2.13. The van der Waals surface area contributed by atoms with Crippen LogP contribution in [0, 0.1) is 13.8 Å². The SMILES string of the molecule is Cc1ccc(C(=O)Nc2cccc([C@H](C)Nc3cnc4cnn(C)c4n3)c2)cc1C. The fraction of sp³-hybridized carbons (Fsp3) is 0.217. The summed E-state index contributed by atoms with van der Waals surface area (Å²) >= 11 is 0. The van der Waals surface area contributed by atoms with Crippen LogP contribution in [0.5, 0.6) is 0 Å². The zero-order chi connectivity index (χ0) is 21.3.